The van der Waals surface area contributed by atoms with Gasteiger partial charge in [-0.1, -0.05) is 0 Å². The molecule has 0 aliphatic carbocycles. The monoisotopic (exact) mass is 337 g/mol. The summed E-state index contributed by atoms with van der Waals surface area (Å²) in [6, 6.07) is 8.60. The first-order chi connectivity index (χ1) is 12.2. The van der Waals surface area contributed by atoms with Crippen LogP contribution in [0.4, 0.5) is 11.6 Å². The molecule has 3 aromatic heterocycles. The lowest BCUT2D eigenvalue weighted by atomic mass is 10.1. The Morgan fingerprint density at radius 3 is 2.96 bits per heavy atom. The Kier molecular flexibility index (Phi) is 4.01. The SMILES string of the molecule is CNc1cc(-c2c(C)nc3ccc(N4CCNC(C)C4)nn23)ccn1. The molecule has 7 nitrogen and oxygen atoms in total. The second kappa shape index (κ2) is 6.33. The first-order valence-electron chi connectivity index (χ1n) is 8.64. The van der Waals surface area contributed by atoms with Crippen LogP contribution in [-0.2, 0) is 0 Å². The molecule has 130 valence electrons. The molecule has 1 unspecified atom stereocenters. The van der Waals surface area contributed by atoms with Crippen LogP contribution in [0.2, 0.25) is 0 Å². The summed E-state index contributed by atoms with van der Waals surface area (Å²) in [5.74, 6) is 1.82. The Balaban J connectivity index is 1.81. The molecular weight excluding hydrogens is 314 g/mol. The van der Waals surface area contributed by atoms with Gasteiger partial charge in [0, 0.05) is 44.5 Å². The maximum Gasteiger partial charge on any atom is 0.154 e. The number of nitrogens with zero attached hydrogens (tertiary/aromatic N) is 5. The van der Waals surface area contributed by atoms with Crippen molar-refractivity contribution in [1.82, 2.24) is 24.9 Å². The van der Waals surface area contributed by atoms with Gasteiger partial charge in [0.2, 0.25) is 0 Å². The number of piperazine rings is 1. The Morgan fingerprint density at radius 1 is 1.28 bits per heavy atom. The largest absolute Gasteiger partial charge is 0.373 e. The Morgan fingerprint density at radius 2 is 2.16 bits per heavy atom. The van der Waals surface area contributed by atoms with E-state index >= 15 is 0 Å². The first-order valence-corrected chi connectivity index (χ1v) is 8.64. The van der Waals surface area contributed by atoms with Gasteiger partial charge in [0.15, 0.2) is 5.65 Å². The van der Waals surface area contributed by atoms with E-state index in [-0.39, 0.29) is 0 Å². The minimum atomic E-state index is 0.466. The van der Waals surface area contributed by atoms with Crippen LogP contribution >= 0.6 is 0 Å². The van der Waals surface area contributed by atoms with Crippen molar-refractivity contribution in [3.63, 3.8) is 0 Å². The molecule has 2 N–H and O–H groups in total. The number of pyridine rings is 1. The lowest BCUT2D eigenvalue weighted by Crippen LogP contribution is -2.49. The molecule has 25 heavy (non-hydrogen) atoms. The van der Waals surface area contributed by atoms with Crippen LogP contribution in [0.15, 0.2) is 30.5 Å². The summed E-state index contributed by atoms with van der Waals surface area (Å²) in [5.41, 5.74) is 3.90. The highest BCUT2D eigenvalue weighted by molar-refractivity contribution is 5.69. The highest BCUT2D eigenvalue weighted by Crippen LogP contribution is 2.26. The van der Waals surface area contributed by atoms with Crippen molar-refractivity contribution in [3.05, 3.63) is 36.2 Å². The third kappa shape index (κ3) is 2.91. The highest BCUT2D eigenvalue weighted by Gasteiger charge is 2.19. The molecule has 3 aromatic rings. The van der Waals surface area contributed by atoms with Gasteiger partial charge in [-0.05, 0) is 38.1 Å². The minimum Gasteiger partial charge on any atom is -0.373 e. The number of aromatic nitrogens is 4. The van der Waals surface area contributed by atoms with Crippen LogP contribution < -0.4 is 15.5 Å². The second-order valence-electron chi connectivity index (χ2n) is 6.49. The smallest absolute Gasteiger partial charge is 0.154 e. The molecule has 1 aliphatic heterocycles. The van der Waals surface area contributed by atoms with Crippen molar-refractivity contribution in [3.8, 4) is 11.3 Å². The summed E-state index contributed by atoms with van der Waals surface area (Å²) >= 11 is 0. The van der Waals surface area contributed by atoms with Gasteiger partial charge in [-0.3, -0.25) is 0 Å². The van der Waals surface area contributed by atoms with Crippen molar-refractivity contribution < 1.29 is 0 Å². The molecule has 1 aliphatic rings. The normalized spacial score (nSPS) is 17.9. The summed E-state index contributed by atoms with van der Waals surface area (Å²) in [6.07, 6.45) is 1.81. The first kappa shape index (κ1) is 15.8. The third-order valence-corrected chi connectivity index (χ3v) is 4.62. The minimum absolute atomic E-state index is 0.466. The van der Waals surface area contributed by atoms with Crippen molar-refractivity contribution in [2.75, 3.05) is 36.9 Å². The lowest BCUT2D eigenvalue weighted by Gasteiger charge is -2.32. The molecule has 0 saturated carbocycles. The van der Waals surface area contributed by atoms with E-state index in [4.69, 9.17) is 5.10 Å². The highest BCUT2D eigenvalue weighted by atomic mass is 15.3. The molecule has 1 saturated heterocycles. The van der Waals surface area contributed by atoms with Crippen LogP contribution in [0, 0.1) is 6.92 Å². The summed E-state index contributed by atoms with van der Waals surface area (Å²) in [7, 11) is 1.87. The summed E-state index contributed by atoms with van der Waals surface area (Å²) < 4.78 is 1.95. The number of hydrogen-bond donors (Lipinski definition) is 2. The standard InChI is InChI=1S/C18H23N7/c1-12-11-24(9-8-20-12)17-5-4-16-22-13(2)18(25(16)23-17)14-6-7-21-15(10-14)19-3/h4-7,10,12,20H,8-9,11H2,1-3H3,(H,19,21). The molecule has 0 aromatic carbocycles. The molecule has 0 amide bonds. The number of rotatable bonds is 3. The van der Waals surface area contributed by atoms with Gasteiger partial charge in [-0.15, -0.1) is 5.10 Å². The van der Waals surface area contributed by atoms with Gasteiger partial charge in [-0.2, -0.15) is 0 Å². The molecule has 0 bridgehead atoms. The molecule has 4 heterocycles. The van der Waals surface area contributed by atoms with Gasteiger partial charge in [0.05, 0.1) is 11.4 Å². The predicted octanol–water partition coefficient (Wildman–Crippen LogP) is 1.94. The van der Waals surface area contributed by atoms with Gasteiger partial charge < -0.3 is 15.5 Å². The van der Waals surface area contributed by atoms with Crippen LogP contribution in [0.1, 0.15) is 12.6 Å². The number of nitrogens with one attached hydrogen (secondary N) is 2. The third-order valence-electron chi connectivity index (χ3n) is 4.62. The maximum atomic E-state index is 4.90. The van der Waals surface area contributed by atoms with Crippen LogP contribution in [-0.4, -0.2) is 52.3 Å². The van der Waals surface area contributed by atoms with Crippen LogP contribution in [0.5, 0.6) is 0 Å². The molecule has 1 atom stereocenters. The Labute approximate surface area is 147 Å². The van der Waals surface area contributed by atoms with Crippen molar-refractivity contribution >= 4 is 17.3 Å². The topological polar surface area (TPSA) is 70.4 Å². The Hall–Kier alpha value is -2.67. The molecule has 0 radical (unpaired) electrons. The number of fused-ring (bicyclic) bond motifs is 1. The van der Waals surface area contributed by atoms with Gasteiger partial charge in [0.1, 0.15) is 11.6 Å². The second-order valence-corrected chi connectivity index (χ2v) is 6.49. The van der Waals surface area contributed by atoms with Crippen molar-refractivity contribution in [1.29, 1.82) is 0 Å². The fourth-order valence-corrected chi connectivity index (χ4v) is 3.39. The zero-order valence-corrected chi connectivity index (χ0v) is 14.8. The summed E-state index contributed by atoms with van der Waals surface area (Å²) in [6.45, 7) is 7.13. The predicted molar refractivity (Wildman–Crippen MR) is 100 cm³/mol. The van der Waals surface area contributed by atoms with E-state index < -0.39 is 0 Å². The molecular formula is C18H23N7. The quantitative estimate of drug-likeness (QED) is 0.761. The fraction of sp³-hybridized carbons (Fsp3) is 0.389. The number of aryl methyl sites for hydroxylation is 1. The van der Waals surface area contributed by atoms with E-state index in [9.17, 15) is 0 Å². The van der Waals surface area contributed by atoms with E-state index in [0.29, 0.717) is 6.04 Å². The fourth-order valence-electron chi connectivity index (χ4n) is 3.39. The Bertz CT molecular complexity index is 902. The van der Waals surface area contributed by atoms with E-state index in [1.165, 1.54) is 0 Å². The van der Waals surface area contributed by atoms with Crippen molar-refractivity contribution in [2.45, 2.75) is 19.9 Å². The molecule has 7 heteroatoms. The molecule has 4 rings (SSSR count). The van der Waals surface area contributed by atoms with E-state index in [0.717, 1.165) is 53.9 Å². The molecule has 0 spiro atoms. The summed E-state index contributed by atoms with van der Waals surface area (Å²) in [4.78, 5) is 11.3. The van der Waals surface area contributed by atoms with Crippen LogP contribution in [0.3, 0.4) is 0 Å². The van der Waals surface area contributed by atoms with Crippen molar-refractivity contribution in [2.24, 2.45) is 0 Å². The van der Waals surface area contributed by atoms with Gasteiger partial charge in [-0.25, -0.2) is 14.5 Å². The van der Waals surface area contributed by atoms with E-state index in [1.807, 2.05) is 42.9 Å². The average molecular weight is 337 g/mol. The maximum absolute atomic E-state index is 4.90. The van der Waals surface area contributed by atoms with Gasteiger partial charge >= 0.3 is 0 Å². The number of imidazole rings is 1. The average Bonchev–Trinajstić information content (AvgIpc) is 2.96. The summed E-state index contributed by atoms with van der Waals surface area (Å²) in [5, 5.41) is 11.5. The lowest BCUT2D eigenvalue weighted by molar-refractivity contribution is 0.481. The van der Waals surface area contributed by atoms with Crippen LogP contribution in [0.25, 0.3) is 16.9 Å². The van der Waals surface area contributed by atoms with E-state index in [2.05, 4.69) is 38.5 Å². The zero-order valence-electron chi connectivity index (χ0n) is 14.8. The van der Waals surface area contributed by atoms with Gasteiger partial charge in [0.25, 0.3) is 0 Å². The van der Waals surface area contributed by atoms with E-state index in [1.54, 1.807) is 0 Å². The number of anilines is 2. The molecule has 1 fully saturated rings. The zero-order chi connectivity index (χ0) is 17.4. The number of hydrogen-bond acceptors (Lipinski definition) is 6.